The summed E-state index contributed by atoms with van der Waals surface area (Å²) in [6.07, 6.45) is -2.04. The Morgan fingerprint density at radius 2 is 1.89 bits per heavy atom. The van der Waals surface area contributed by atoms with E-state index < -0.39 is 11.9 Å². The van der Waals surface area contributed by atoms with E-state index in [1.807, 2.05) is 12.1 Å². The Kier molecular flexibility index (Phi) is 4.72. The van der Waals surface area contributed by atoms with E-state index in [4.69, 9.17) is 9.47 Å². The molecule has 28 heavy (non-hydrogen) atoms. The lowest BCUT2D eigenvalue weighted by Crippen LogP contribution is -2.35. The predicted molar refractivity (Wildman–Crippen MR) is 95.1 cm³/mol. The first-order chi connectivity index (χ1) is 13.5. The normalized spacial score (nSPS) is 15.9. The zero-order valence-corrected chi connectivity index (χ0v) is 14.5. The Balaban J connectivity index is 1.54. The SMILES string of the molecule is FC(F)(F)c1cc(NCC2COc3ccccc3O2)nc(-c2cccnc2)n1. The van der Waals surface area contributed by atoms with Crippen LogP contribution in [0.15, 0.2) is 54.9 Å². The van der Waals surface area contributed by atoms with Gasteiger partial charge in [0.05, 0.1) is 6.54 Å². The molecule has 0 spiro atoms. The van der Waals surface area contributed by atoms with Crippen molar-refractivity contribution in [1.29, 1.82) is 0 Å². The number of hydrogen-bond acceptors (Lipinski definition) is 6. The Morgan fingerprint density at radius 1 is 1.07 bits per heavy atom. The van der Waals surface area contributed by atoms with Gasteiger partial charge in [0.15, 0.2) is 23.0 Å². The van der Waals surface area contributed by atoms with E-state index in [1.165, 1.54) is 12.4 Å². The van der Waals surface area contributed by atoms with Gasteiger partial charge in [-0.1, -0.05) is 12.1 Å². The van der Waals surface area contributed by atoms with Gasteiger partial charge >= 0.3 is 6.18 Å². The molecule has 0 bridgehead atoms. The van der Waals surface area contributed by atoms with Gasteiger partial charge in [-0.15, -0.1) is 0 Å². The first-order valence-electron chi connectivity index (χ1n) is 8.48. The van der Waals surface area contributed by atoms with Crippen molar-refractivity contribution in [1.82, 2.24) is 15.0 Å². The number of hydrogen-bond donors (Lipinski definition) is 1. The average Bonchev–Trinajstić information content (AvgIpc) is 2.72. The lowest BCUT2D eigenvalue weighted by Gasteiger charge is -2.26. The molecular formula is C19H15F3N4O2. The fraction of sp³-hybridized carbons (Fsp3) is 0.211. The van der Waals surface area contributed by atoms with Gasteiger partial charge in [-0.3, -0.25) is 4.98 Å². The summed E-state index contributed by atoms with van der Waals surface area (Å²) in [4.78, 5) is 11.7. The molecule has 1 aliphatic rings. The van der Waals surface area contributed by atoms with Crippen molar-refractivity contribution >= 4 is 5.82 Å². The van der Waals surface area contributed by atoms with Gasteiger partial charge in [0, 0.05) is 24.0 Å². The van der Waals surface area contributed by atoms with Gasteiger partial charge in [-0.05, 0) is 24.3 Å². The molecular weight excluding hydrogens is 373 g/mol. The number of anilines is 1. The lowest BCUT2D eigenvalue weighted by molar-refractivity contribution is -0.141. The Hall–Kier alpha value is -3.36. The van der Waals surface area contributed by atoms with Crippen molar-refractivity contribution < 1.29 is 22.6 Å². The number of alkyl halides is 3. The third-order valence-corrected chi connectivity index (χ3v) is 4.01. The summed E-state index contributed by atoms with van der Waals surface area (Å²) in [5.41, 5.74) is -0.641. The maximum Gasteiger partial charge on any atom is 0.433 e. The minimum Gasteiger partial charge on any atom is -0.486 e. The number of fused-ring (bicyclic) bond motifs is 1. The van der Waals surface area contributed by atoms with Crippen LogP contribution in [0.25, 0.3) is 11.4 Å². The second-order valence-corrected chi connectivity index (χ2v) is 6.08. The minimum absolute atomic E-state index is 0.0450. The van der Waals surface area contributed by atoms with Gasteiger partial charge < -0.3 is 14.8 Å². The molecule has 0 radical (unpaired) electrons. The van der Waals surface area contributed by atoms with Crippen LogP contribution in [-0.4, -0.2) is 34.2 Å². The molecule has 3 aromatic rings. The van der Waals surface area contributed by atoms with Crippen LogP contribution in [0.1, 0.15) is 5.69 Å². The number of benzene rings is 1. The molecule has 1 atom stereocenters. The second kappa shape index (κ2) is 7.34. The van der Waals surface area contributed by atoms with Gasteiger partial charge in [0.1, 0.15) is 18.5 Å². The quantitative estimate of drug-likeness (QED) is 0.733. The van der Waals surface area contributed by atoms with Gasteiger partial charge in [-0.25, -0.2) is 9.97 Å². The highest BCUT2D eigenvalue weighted by Gasteiger charge is 2.34. The third-order valence-electron chi connectivity index (χ3n) is 4.01. The van der Waals surface area contributed by atoms with E-state index in [-0.39, 0.29) is 30.9 Å². The summed E-state index contributed by atoms with van der Waals surface area (Å²) < 4.78 is 51.1. The Bertz CT molecular complexity index is 967. The van der Waals surface area contributed by atoms with Gasteiger partial charge in [-0.2, -0.15) is 13.2 Å². The topological polar surface area (TPSA) is 69.2 Å². The monoisotopic (exact) mass is 388 g/mol. The molecule has 0 fully saturated rings. The molecule has 2 aromatic heterocycles. The molecule has 1 N–H and O–H groups in total. The third kappa shape index (κ3) is 3.98. The van der Waals surface area contributed by atoms with Crippen LogP contribution >= 0.6 is 0 Å². The number of pyridine rings is 1. The van der Waals surface area contributed by atoms with E-state index >= 15 is 0 Å². The molecule has 6 nitrogen and oxygen atoms in total. The molecule has 1 unspecified atom stereocenters. The molecule has 1 aliphatic heterocycles. The highest BCUT2D eigenvalue weighted by molar-refractivity contribution is 5.56. The van der Waals surface area contributed by atoms with E-state index in [2.05, 4.69) is 20.3 Å². The summed E-state index contributed by atoms with van der Waals surface area (Å²) in [5.74, 6) is 1.22. The summed E-state index contributed by atoms with van der Waals surface area (Å²) in [6, 6.07) is 11.3. The van der Waals surface area contributed by atoms with E-state index in [0.29, 0.717) is 17.1 Å². The number of halogens is 3. The zero-order valence-electron chi connectivity index (χ0n) is 14.5. The van der Waals surface area contributed by atoms with Crippen LogP contribution in [0.5, 0.6) is 11.5 Å². The fourth-order valence-electron chi connectivity index (χ4n) is 2.69. The van der Waals surface area contributed by atoms with Crippen molar-refractivity contribution in [2.45, 2.75) is 12.3 Å². The first kappa shape index (κ1) is 18.0. The summed E-state index contributed by atoms with van der Waals surface area (Å²) >= 11 is 0. The Labute approximate surface area is 158 Å². The number of aromatic nitrogens is 3. The first-order valence-corrected chi connectivity index (χ1v) is 8.48. The van der Waals surface area contributed by atoms with E-state index in [1.54, 1.807) is 24.3 Å². The Morgan fingerprint density at radius 3 is 2.64 bits per heavy atom. The van der Waals surface area contributed by atoms with Crippen LogP contribution in [0.2, 0.25) is 0 Å². The van der Waals surface area contributed by atoms with Crippen LogP contribution in [0.3, 0.4) is 0 Å². The largest absolute Gasteiger partial charge is 0.486 e. The molecule has 3 heterocycles. The van der Waals surface area contributed by atoms with E-state index in [0.717, 1.165) is 6.07 Å². The zero-order chi connectivity index (χ0) is 19.6. The maximum absolute atomic E-state index is 13.2. The number of ether oxygens (including phenoxy) is 2. The van der Waals surface area contributed by atoms with E-state index in [9.17, 15) is 13.2 Å². The second-order valence-electron chi connectivity index (χ2n) is 6.08. The van der Waals surface area contributed by atoms with Crippen LogP contribution in [0, 0.1) is 0 Å². The van der Waals surface area contributed by atoms with Crippen molar-refractivity contribution in [3.05, 3.63) is 60.6 Å². The van der Waals surface area contributed by atoms with Gasteiger partial charge in [0.25, 0.3) is 0 Å². The standard InChI is InChI=1S/C19H15F3N4O2/c20-19(21,22)16-8-17(26-18(25-16)12-4-3-7-23-9-12)24-10-13-11-27-14-5-1-2-6-15(14)28-13/h1-9,13H,10-11H2,(H,24,25,26). The van der Waals surface area contributed by atoms with Crippen molar-refractivity contribution in [2.24, 2.45) is 0 Å². The summed E-state index contributed by atoms with van der Waals surface area (Å²) in [6.45, 7) is 0.492. The minimum atomic E-state index is -4.60. The molecule has 144 valence electrons. The molecule has 1 aromatic carbocycles. The molecule has 0 amide bonds. The van der Waals surface area contributed by atoms with Crippen LogP contribution in [-0.2, 0) is 6.18 Å². The maximum atomic E-state index is 13.2. The highest BCUT2D eigenvalue weighted by Crippen LogP contribution is 2.32. The number of rotatable bonds is 4. The number of para-hydroxylation sites is 2. The summed E-state index contributed by atoms with van der Waals surface area (Å²) in [7, 11) is 0. The molecule has 0 saturated heterocycles. The molecule has 0 aliphatic carbocycles. The lowest BCUT2D eigenvalue weighted by atomic mass is 10.2. The average molecular weight is 388 g/mol. The fourth-order valence-corrected chi connectivity index (χ4v) is 2.69. The van der Waals surface area contributed by atoms with Crippen LogP contribution in [0.4, 0.5) is 19.0 Å². The molecule has 9 heteroatoms. The number of nitrogens with zero attached hydrogens (tertiary/aromatic N) is 3. The van der Waals surface area contributed by atoms with Gasteiger partial charge in [0.2, 0.25) is 0 Å². The highest BCUT2D eigenvalue weighted by atomic mass is 19.4. The molecule has 0 saturated carbocycles. The molecule has 4 rings (SSSR count). The van der Waals surface area contributed by atoms with Crippen LogP contribution < -0.4 is 14.8 Å². The number of nitrogens with one attached hydrogen (secondary N) is 1. The van der Waals surface area contributed by atoms with Crippen molar-refractivity contribution in [2.75, 3.05) is 18.5 Å². The van der Waals surface area contributed by atoms with Crippen molar-refractivity contribution in [3.8, 4) is 22.9 Å². The summed E-state index contributed by atoms with van der Waals surface area (Å²) in [5, 5.41) is 2.89. The van der Waals surface area contributed by atoms with Crippen molar-refractivity contribution in [3.63, 3.8) is 0 Å². The predicted octanol–water partition coefficient (Wildman–Crippen LogP) is 3.81. The smallest absolute Gasteiger partial charge is 0.433 e.